The molecule has 2 aliphatic heterocycles. The number of fused-ring (bicyclic) bond motifs is 1. The Morgan fingerprint density at radius 3 is 2.22 bits per heavy atom. The number of aromatic nitrogens is 1. The van der Waals surface area contributed by atoms with Gasteiger partial charge >= 0.3 is 0 Å². The van der Waals surface area contributed by atoms with Crippen LogP contribution in [0.3, 0.4) is 0 Å². The summed E-state index contributed by atoms with van der Waals surface area (Å²) in [4.78, 5) is 16.8. The van der Waals surface area contributed by atoms with Crippen LogP contribution < -0.4 is 5.73 Å². The van der Waals surface area contributed by atoms with Crippen LogP contribution in [0.5, 0.6) is 0 Å². The Bertz CT molecular complexity index is 1160. The molecule has 192 valence electrons. The van der Waals surface area contributed by atoms with Crippen LogP contribution in [0.2, 0.25) is 0 Å². The van der Waals surface area contributed by atoms with Gasteiger partial charge in [0.15, 0.2) is 0 Å². The smallest absolute Gasteiger partial charge is 0.223 e. The first kappa shape index (κ1) is 24.9. The summed E-state index contributed by atoms with van der Waals surface area (Å²) < 4.78 is 21.1. The molecule has 0 aliphatic carbocycles. The lowest BCUT2D eigenvalue weighted by atomic mass is 10.0. The van der Waals surface area contributed by atoms with Gasteiger partial charge in [0.1, 0.15) is 5.82 Å². The number of halogens is 1. The topological polar surface area (TPSA) is 63.7 Å². The minimum atomic E-state index is -0.289. The van der Waals surface area contributed by atoms with E-state index in [1.807, 2.05) is 12.1 Å². The molecule has 0 saturated carbocycles. The Morgan fingerprint density at radius 1 is 0.889 bits per heavy atom. The summed E-state index contributed by atoms with van der Waals surface area (Å²) in [6.07, 6.45) is 4.28. The zero-order valence-corrected chi connectivity index (χ0v) is 21.0. The van der Waals surface area contributed by atoms with E-state index in [-0.39, 0.29) is 18.1 Å². The average molecular weight is 493 g/mol. The zero-order valence-electron chi connectivity index (χ0n) is 21.0. The molecule has 1 aromatic heterocycles. The van der Waals surface area contributed by atoms with Crippen molar-refractivity contribution in [3.63, 3.8) is 0 Å². The zero-order chi connectivity index (χ0) is 24.9. The van der Waals surface area contributed by atoms with Gasteiger partial charge in [-0.3, -0.25) is 9.69 Å². The Morgan fingerprint density at radius 2 is 1.53 bits per heavy atom. The number of piperidine rings is 1. The van der Waals surface area contributed by atoms with Crippen molar-refractivity contribution in [1.29, 1.82) is 0 Å². The molecule has 5 rings (SSSR count). The number of ether oxygens (including phenoxy) is 1. The van der Waals surface area contributed by atoms with Crippen molar-refractivity contribution in [3.05, 3.63) is 71.2 Å². The first-order valence-corrected chi connectivity index (χ1v) is 13.2. The van der Waals surface area contributed by atoms with Gasteiger partial charge < -0.3 is 19.9 Å². The first-order chi connectivity index (χ1) is 17.5. The number of primary amides is 1. The first-order valence-electron chi connectivity index (χ1n) is 13.2. The normalized spacial score (nSPS) is 18.1. The molecular formula is C29H37FN4O2. The Labute approximate surface area is 212 Å². The van der Waals surface area contributed by atoms with Crippen LogP contribution in [-0.4, -0.2) is 72.8 Å². The largest absolute Gasteiger partial charge is 0.379 e. The standard InChI is InChI=1S/C29H37FN4O2/c30-25-5-2-22(3-6-25)7-11-32-13-9-26(10-14-32)34-27(21-29(31)35)20-24-4-1-23(19-28(24)34)8-12-33-15-17-36-18-16-33/h1-6,19-20,26H,7-18,21H2,(H2,31,35). The van der Waals surface area contributed by atoms with E-state index in [0.29, 0.717) is 6.04 Å². The molecule has 0 unspecified atom stereocenters. The van der Waals surface area contributed by atoms with E-state index in [1.54, 1.807) is 0 Å². The predicted octanol–water partition coefficient (Wildman–Crippen LogP) is 3.56. The van der Waals surface area contributed by atoms with Crippen molar-refractivity contribution in [3.8, 4) is 0 Å². The number of nitrogens with zero attached hydrogens (tertiary/aromatic N) is 3. The van der Waals surface area contributed by atoms with Gasteiger partial charge in [0.2, 0.25) is 5.91 Å². The number of rotatable bonds is 9. The summed E-state index contributed by atoms with van der Waals surface area (Å²) >= 11 is 0. The number of benzene rings is 2. The highest BCUT2D eigenvalue weighted by Gasteiger charge is 2.24. The van der Waals surface area contributed by atoms with Gasteiger partial charge in [0, 0.05) is 56.5 Å². The maximum Gasteiger partial charge on any atom is 0.223 e. The lowest BCUT2D eigenvalue weighted by molar-refractivity contribution is -0.117. The lowest BCUT2D eigenvalue weighted by Crippen LogP contribution is -2.37. The monoisotopic (exact) mass is 492 g/mol. The van der Waals surface area contributed by atoms with E-state index in [4.69, 9.17) is 10.5 Å². The van der Waals surface area contributed by atoms with Crippen LogP contribution >= 0.6 is 0 Å². The number of morpholine rings is 1. The molecule has 2 aliphatic rings. The van der Waals surface area contributed by atoms with Crippen LogP contribution in [0.15, 0.2) is 48.5 Å². The molecule has 1 amide bonds. The van der Waals surface area contributed by atoms with Gasteiger partial charge in [-0.1, -0.05) is 24.3 Å². The number of hydrogen-bond acceptors (Lipinski definition) is 4. The number of hydrogen-bond donors (Lipinski definition) is 1. The van der Waals surface area contributed by atoms with Crippen molar-refractivity contribution in [1.82, 2.24) is 14.4 Å². The van der Waals surface area contributed by atoms with Crippen molar-refractivity contribution in [2.24, 2.45) is 5.73 Å². The highest BCUT2D eigenvalue weighted by atomic mass is 19.1. The molecule has 3 aromatic rings. The van der Waals surface area contributed by atoms with Gasteiger partial charge in [-0.25, -0.2) is 4.39 Å². The Hall–Kier alpha value is -2.74. The summed E-state index contributed by atoms with van der Waals surface area (Å²) in [5.41, 5.74) is 10.4. The van der Waals surface area contributed by atoms with Gasteiger partial charge in [-0.2, -0.15) is 0 Å². The highest BCUT2D eigenvalue weighted by molar-refractivity contribution is 5.85. The minimum absolute atomic E-state index is 0.186. The molecule has 6 nitrogen and oxygen atoms in total. The van der Waals surface area contributed by atoms with Gasteiger partial charge in [-0.15, -0.1) is 0 Å². The van der Waals surface area contributed by atoms with Crippen LogP contribution in [0.4, 0.5) is 4.39 Å². The molecule has 7 heteroatoms. The van der Waals surface area contributed by atoms with E-state index in [9.17, 15) is 9.18 Å². The Kier molecular flexibility index (Phi) is 7.99. The number of carbonyl (C=O) groups is 1. The minimum Gasteiger partial charge on any atom is -0.379 e. The molecule has 0 spiro atoms. The van der Waals surface area contributed by atoms with E-state index in [0.717, 1.165) is 83.9 Å². The van der Waals surface area contributed by atoms with Crippen molar-refractivity contribution in [2.45, 2.75) is 38.1 Å². The summed E-state index contributed by atoms with van der Waals surface area (Å²) in [6.45, 7) is 7.68. The van der Waals surface area contributed by atoms with E-state index < -0.39 is 0 Å². The maximum atomic E-state index is 13.2. The second-order valence-electron chi connectivity index (χ2n) is 10.2. The highest BCUT2D eigenvalue weighted by Crippen LogP contribution is 2.32. The summed E-state index contributed by atoms with van der Waals surface area (Å²) in [5, 5.41) is 1.18. The van der Waals surface area contributed by atoms with Crippen molar-refractivity contribution < 1.29 is 13.9 Å². The fourth-order valence-electron chi connectivity index (χ4n) is 5.68. The van der Waals surface area contributed by atoms with Crippen molar-refractivity contribution >= 4 is 16.8 Å². The van der Waals surface area contributed by atoms with Crippen LogP contribution in [-0.2, 0) is 28.8 Å². The number of amides is 1. The maximum absolute atomic E-state index is 13.2. The molecule has 2 fully saturated rings. The molecule has 3 heterocycles. The summed E-state index contributed by atoms with van der Waals surface area (Å²) in [7, 11) is 0. The third kappa shape index (κ3) is 6.14. The fourth-order valence-corrected chi connectivity index (χ4v) is 5.68. The van der Waals surface area contributed by atoms with Crippen LogP contribution in [0.1, 0.15) is 35.7 Å². The van der Waals surface area contributed by atoms with E-state index in [2.05, 4.69) is 38.6 Å². The third-order valence-corrected chi connectivity index (χ3v) is 7.71. The number of likely N-dealkylation sites (tertiary alicyclic amines) is 1. The molecule has 2 N–H and O–H groups in total. The number of nitrogens with two attached hydrogens (primary N) is 1. The second-order valence-corrected chi connectivity index (χ2v) is 10.2. The lowest BCUT2D eigenvalue weighted by Gasteiger charge is -2.34. The number of carbonyl (C=O) groups excluding carboxylic acids is 1. The molecular weight excluding hydrogens is 455 g/mol. The molecule has 36 heavy (non-hydrogen) atoms. The van der Waals surface area contributed by atoms with Gasteiger partial charge in [-0.05, 0) is 66.5 Å². The van der Waals surface area contributed by atoms with Gasteiger partial charge in [0.25, 0.3) is 0 Å². The third-order valence-electron chi connectivity index (χ3n) is 7.71. The van der Waals surface area contributed by atoms with E-state index in [1.165, 1.54) is 34.2 Å². The van der Waals surface area contributed by atoms with Crippen molar-refractivity contribution in [2.75, 3.05) is 52.5 Å². The molecule has 0 radical (unpaired) electrons. The molecule has 0 atom stereocenters. The molecule has 0 bridgehead atoms. The van der Waals surface area contributed by atoms with Crippen LogP contribution in [0.25, 0.3) is 10.9 Å². The Balaban J connectivity index is 1.27. The quantitative estimate of drug-likeness (QED) is 0.496. The fraction of sp³-hybridized carbons (Fsp3) is 0.483. The average Bonchev–Trinajstić information content (AvgIpc) is 3.24. The van der Waals surface area contributed by atoms with E-state index >= 15 is 0 Å². The summed E-state index contributed by atoms with van der Waals surface area (Å²) in [5.74, 6) is -0.474. The summed E-state index contributed by atoms with van der Waals surface area (Å²) in [6, 6.07) is 16.1. The predicted molar refractivity (Wildman–Crippen MR) is 141 cm³/mol. The van der Waals surface area contributed by atoms with Gasteiger partial charge in [0.05, 0.1) is 19.6 Å². The molecule has 2 saturated heterocycles. The molecule has 2 aromatic carbocycles. The van der Waals surface area contributed by atoms with Crippen LogP contribution in [0, 0.1) is 5.82 Å². The SMILES string of the molecule is NC(=O)Cc1cc2ccc(CCN3CCOCC3)cc2n1C1CCN(CCc2ccc(F)cc2)CC1. The second kappa shape index (κ2) is 11.5.